The van der Waals surface area contributed by atoms with Gasteiger partial charge in [-0.25, -0.2) is 4.98 Å². The van der Waals surface area contributed by atoms with Crippen LogP contribution in [-0.4, -0.2) is 19.2 Å². The molecule has 0 amide bonds. The second kappa shape index (κ2) is 5.93. The lowest BCUT2D eigenvalue weighted by Crippen LogP contribution is -1.97. The van der Waals surface area contributed by atoms with Crippen LogP contribution in [-0.2, 0) is 0 Å². The molecule has 100 valence electrons. The number of halogens is 1. The molecular formula is C14H15BrN2O2. The molecule has 0 radical (unpaired) electrons. The SMILES string of the molecule is COc1cc(Nc2ccc(Br)c(C)n2)cc(OC)c1. The van der Waals surface area contributed by atoms with E-state index in [1.54, 1.807) is 14.2 Å². The van der Waals surface area contributed by atoms with E-state index in [4.69, 9.17) is 9.47 Å². The van der Waals surface area contributed by atoms with E-state index >= 15 is 0 Å². The van der Waals surface area contributed by atoms with Crippen molar-refractivity contribution in [1.82, 2.24) is 4.98 Å². The Kier molecular flexibility index (Phi) is 4.27. The van der Waals surface area contributed by atoms with Crippen molar-refractivity contribution < 1.29 is 9.47 Å². The molecule has 1 N–H and O–H groups in total. The number of hydrogen-bond donors (Lipinski definition) is 1. The van der Waals surface area contributed by atoms with E-state index in [0.717, 1.165) is 33.2 Å². The monoisotopic (exact) mass is 322 g/mol. The molecule has 0 spiro atoms. The van der Waals surface area contributed by atoms with Crippen LogP contribution in [0.3, 0.4) is 0 Å². The maximum atomic E-state index is 5.23. The molecule has 1 aromatic carbocycles. The average Bonchev–Trinajstić information content (AvgIpc) is 2.42. The Morgan fingerprint density at radius 3 is 2.21 bits per heavy atom. The molecule has 1 aromatic heterocycles. The van der Waals surface area contributed by atoms with E-state index in [-0.39, 0.29) is 0 Å². The standard InChI is InChI=1S/C14H15BrN2O2/c1-9-13(15)4-5-14(16-9)17-10-6-11(18-2)8-12(7-10)19-3/h4-8H,1-3H3,(H,16,17). The van der Waals surface area contributed by atoms with E-state index in [1.807, 2.05) is 37.3 Å². The highest BCUT2D eigenvalue weighted by atomic mass is 79.9. The van der Waals surface area contributed by atoms with E-state index in [0.29, 0.717) is 0 Å². The minimum atomic E-state index is 0.732. The van der Waals surface area contributed by atoms with Crippen molar-refractivity contribution in [3.8, 4) is 11.5 Å². The summed E-state index contributed by atoms with van der Waals surface area (Å²) in [5.41, 5.74) is 1.80. The first-order valence-electron chi connectivity index (χ1n) is 5.75. The Labute approximate surface area is 120 Å². The lowest BCUT2D eigenvalue weighted by atomic mass is 10.2. The van der Waals surface area contributed by atoms with Gasteiger partial charge < -0.3 is 14.8 Å². The van der Waals surface area contributed by atoms with Gasteiger partial charge in [0.1, 0.15) is 17.3 Å². The number of pyridine rings is 1. The molecule has 5 heteroatoms. The van der Waals surface area contributed by atoms with Gasteiger partial charge in [-0.05, 0) is 35.0 Å². The van der Waals surface area contributed by atoms with Gasteiger partial charge in [-0.3, -0.25) is 0 Å². The minimum absolute atomic E-state index is 0.732. The van der Waals surface area contributed by atoms with Gasteiger partial charge in [0.15, 0.2) is 0 Å². The normalized spacial score (nSPS) is 10.1. The molecular weight excluding hydrogens is 308 g/mol. The summed E-state index contributed by atoms with van der Waals surface area (Å²) in [6.45, 7) is 1.95. The van der Waals surface area contributed by atoms with Crippen LogP contribution >= 0.6 is 15.9 Å². The van der Waals surface area contributed by atoms with E-state index in [9.17, 15) is 0 Å². The van der Waals surface area contributed by atoms with Crippen LogP contribution in [0, 0.1) is 6.92 Å². The van der Waals surface area contributed by atoms with Gasteiger partial charge in [0.25, 0.3) is 0 Å². The lowest BCUT2D eigenvalue weighted by molar-refractivity contribution is 0.395. The molecule has 0 bridgehead atoms. The number of nitrogens with zero attached hydrogens (tertiary/aromatic N) is 1. The zero-order chi connectivity index (χ0) is 13.8. The number of methoxy groups -OCH3 is 2. The highest BCUT2D eigenvalue weighted by molar-refractivity contribution is 9.10. The molecule has 4 nitrogen and oxygen atoms in total. The molecule has 0 saturated carbocycles. The number of benzene rings is 1. The predicted octanol–water partition coefficient (Wildman–Crippen LogP) is 3.91. The van der Waals surface area contributed by atoms with Gasteiger partial charge >= 0.3 is 0 Å². The fraction of sp³-hybridized carbons (Fsp3) is 0.214. The van der Waals surface area contributed by atoms with Gasteiger partial charge in [0.05, 0.1) is 19.9 Å². The summed E-state index contributed by atoms with van der Waals surface area (Å²) < 4.78 is 11.4. The third-order valence-corrected chi connectivity index (χ3v) is 3.48. The van der Waals surface area contributed by atoms with Gasteiger partial charge in [-0.1, -0.05) is 0 Å². The number of hydrogen-bond acceptors (Lipinski definition) is 4. The summed E-state index contributed by atoms with van der Waals surface area (Å²) in [7, 11) is 3.25. The van der Waals surface area contributed by atoms with Gasteiger partial charge in [0, 0.05) is 28.4 Å². The summed E-state index contributed by atoms with van der Waals surface area (Å²) in [4.78, 5) is 4.44. The molecule has 1 heterocycles. The first-order chi connectivity index (χ1) is 9.12. The summed E-state index contributed by atoms with van der Waals surface area (Å²) in [5, 5.41) is 3.23. The van der Waals surface area contributed by atoms with E-state index < -0.39 is 0 Å². The molecule has 0 unspecified atom stereocenters. The molecule has 0 aliphatic carbocycles. The highest BCUT2D eigenvalue weighted by Gasteiger charge is 2.04. The van der Waals surface area contributed by atoms with Crippen LogP contribution in [0.15, 0.2) is 34.8 Å². The van der Waals surface area contributed by atoms with Crippen molar-refractivity contribution in [3.63, 3.8) is 0 Å². The molecule has 0 aliphatic rings. The van der Waals surface area contributed by atoms with Crippen molar-refractivity contribution in [2.24, 2.45) is 0 Å². The number of aromatic nitrogens is 1. The summed E-state index contributed by atoms with van der Waals surface area (Å²) in [6, 6.07) is 9.47. The first kappa shape index (κ1) is 13.7. The van der Waals surface area contributed by atoms with Crippen LogP contribution in [0.25, 0.3) is 0 Å². The van der Waals surface area contributed by atoms with Crippen molar-refractivity contribution in [1.29, 1.82) is 0 Å². The Hall–Kier alpha value is -1.75. The molecule has 2 aromatic rings. The van der Waals surface area contributed by atoms with Crippen LogP contribution in [0.1, 0.15) is 5.69 Å². The maximum Gasteiger partial charge on any atom is 0.130 e. The summed E-state index contributed by atoms with van der Waals surface area (Å²) >= 11 is 3.43. The Balaban J connectivity index is 2.29. The predicted molar refractivity (Wildman–Crippen MR) is 79.5 cm³/mol. The summed E-state index contributed by atoms with van der Waals surface area (Å²) in [6.07, 6.45) is 0. The number of nitrogens with one attached hydrogen (secondary N) is 1. The summed E-state index contributed by atoms with van der Waals surface area (Å²) in [5.74, 6) is 2.24. The number of aryl methyl sites for hydroxylation is 1. The number of rotatable bonds is 4. The first-order valence-corrected chi connectivity index (χ1v) is 6.55. The Morgan fingerprint density at radius 1 is 1.05 bits per heavy atom. The Morgan fingerprint density at radius 2 is 1.68 bits per heavy atom. The Bertz CT molecular complexity index is 565. The average molecular weight is 323 g/mol. The zero-order valence-corrected chi connectivity index (χ0v) is 12.6. The van der Waals surface area contributed by atoms with Gasteiger partial charge in [-0.15, -0.1) is 0 Å². The third kappa shape index (κ3) is 3.38. The van der Waals surface area contributed by atoms with E-state index in [1.165, 1.54) is 0 Å². The van der Waals surface area contributed by atoms with E-state index in [2.05, 4.69) is 26.2 Å². The minimum Gasteiger partial charge on any atom is -0.497 e. The zero-order valence-electron chi connectivity index (χ0n) is 11.0. The van der Waals surface area contributed by atoms with Crippen LogP contribution < -0.4 is 14.8 Å². The number of ether oxygens (including phenoxy) is 2. The van der Waals surface area contributed by atoms with Crippen LogP contribution in [0.5, 0.6) is 11.5 Å². The molecule has 0 atom stereocenters. The molecule has 19 heavy (non-hydrogen) atoms. The molecule has 0 saturated heterocycles. The van der Waals surface area contributed by atoms with Crippen LogP contribution in [0.4, 0.5) is 11.5 Å². The van der Waals surface area contributed by atoms with Gasteiger partial charge in [-0.2, -0.15) is 0 Å². The van der Waals surface area contributed by atoms with Crippen molar-refractivity contribution in [3.05, 3.63) is 40.5 Å². The fourth-order valence-electron chi connectivity index (χ4n) is 1.64. The molecule has 0 aliphatic heterocycles. The molecule has 0 fully saturated rings. The smallest absolute Gasteiger partial charge is 0.130 e. The van der Waals surface area contributed by atoms with Crippen molar-refractivity contribution in [2.75, 3.05) is 19.5 Å². The van der Waals surface area contributed by atoms with Crippen molar-refractivity contribution in [2.45, 2.75) is 6.92 Å². The largest absolute Gasteiger partial charge is 0.497 e. The van der Waals surface area contributed by atoms with Gasteiger partial charge in [0.2, 0.25) is 0 Å². The maximum absolute atomic E-state index is 5.23. The fourth-order valence-corrected chi connectivity index (χ4v) is 1.86. The molecule has 2 rings (SSSR count). The second-order valence-corrected chi connectivity index (χ2v) is 4.84. The highest BCUT2D eigenvalue weighted by Crippen LogP contribution is 2.28. The topological polar surface area (TPSA) is 43.4 Å². The third-order valence-electron chi connectivity index (χ3n) is 2.65. The number of anilines is 2. The quantitative estimate of drug-likeness (QED) is 0.926. The van der Waals surface area contributed by atoms with Crippen molar-refractivity contribution >= 4 is 27.4 Å². The second-order valence-electron chi connectivity index (χ2n) is 3.99. The van der Waals surface area contributed by atoms with Crippen LogP contribution in [0.2, 0.25) is 0 Å². The lowest BCUT2D eigenvalue weighted by Gasteiger charge is -2.11.